The van der Waals surface area contributed by atoms with E-state index in [0.29, 0.717) is 11.6 Å². The average molecular weight is 278 g/mol. The molecular weight excluding hydrogens is 252 g/mol. The zero-order chi connectivity index (χ0) is 13.1. The maximum atomic E-state index is 3.89. The Morgan fingerprint density at radius 1 is 1.26 bits per heavy atom. The predicted octanol–water partition coefficient (Wildman–Crippen LogP) is 3.81. The average Bonchev–Trinajstić information content (AvgIpc) is 2.90. The van der Waals surface area contributed by atoms with Gasteiger partial charge in [-0.15, -0.1) is 11.3 Å². The Kier molecular flexibility index (Phi) is 4.25. The Hall–Kier alpha value is -0.380. The third-order valence-corrected chi connectivity index (χ3v) is 5.98. The van der Waals surface area contributed by atoms with E-state index in [1.807, 2.05) is 11.3 Å². The molecule has 19 heavy (non-hydrogen) atoms. The minimum atomic E-state index is 0.417. The molecule has 1 spiro atoms. The second-order valence-corrected chi connectivity index (χ2v) is 7.26. The van der Waals surface area contributed by atoms with Gasteiger partial charge in [0.1, 0.15) is 0 Å². The van der Waals surface area contributed by atoms with E-state index in [4.69, 9.17) is 0 Å². The first-order valence-electron chi connectivity index (χ1n) is 7.82. The van der Waals surface area contributed by atoms with E-state index in [1.165, 1.54) is 63.0 Å². The maximum Gasteiger partial charge on any atom is 0.0414 e. The first kappa shape index (κ1) is 13.6. The molecule has 106 valence electrons. The van der Waals surface area contributed by atoms with Crippen molar-refractivity contribution in [2.24, 2.45) is 0 Å². The van der Waals surface area contributed by atoms with Gasteiger partial charge in [-0.2, -0.15) is 0 Å². The van der Waals surface area contributed by atoms with E-state index in [1.54, 1.807) is 0 Å². The summed E-state index contributed by atoms with van der Waals surface area (Å²) in [6.45, 7) is 6.07. The lowest BCUT2D eigenvalue weighted by Gasteiger charge is -2.41. The monoisotopic (exact) mass is 278 g/mol. The Morgan fingerprint density at radius 2 is 2.11 bits per heavy atom. The van der Waals surface area contributed by atoms with Crippen molar-refractivity contribution in [1.82, 2.24) is 10.2 Å². The van der Waals surface area contributed by atoms with Gasteiger partial charge in [0.15, 0.2) is 0 Å². The number of hydrogen-bond acceptors (Lipinski definition) is 3. The molecule has 1 unspecified atom stereocenters. The molecule has 1 aromatic heterocycles. The molecule has 1 aromatic rings. The van der Waals surface area contributed by atoms with Gasteiger partial charge in [0, 0.05) is 29.5 Å². The van der Waals surface area contributed by atoms with Gasteiger partial charge in [-0.05, 0) is 44.2 Å². The summed E-state index contributed by atoms with van der Waals surface area (Å²) in [5.74, 6) is 0. The Morgan fingerprint density at radius 3 is 2.84 bits per heavy atom. The molecule has 3 heteroatoms. The first-order chi connectivity index (χ1) is 9.29. The fourth-order valence-corrected chi connectivity index (χ4v) is 4.58. The molecule has 2 fully saturated rings. The van der Waals surface area contributed by atoms with Crippen LogP contribution in [0.3, 0.4) is 0 Å². The SMILES string of the molecule is CC(c1cccs1)N1CCCNC2(CCCCC2)C1. The zero-order valence-electron chi connectivity index (χ0n) is 12.0. The molecule has 0 amide bonds. The van der Waals surface area contributed by atoms with E-state index in [9.17, 15) is 0 Å². The van der Waals surface area contributed by atoms with E-state index in [0.717, 1.165) is 0 Å². The van der Waals surface area contributed by atoms with Gasteiger partial charge in [0.25, 0.3) is 0 Å². The Balaban J connectivity index is 1.73. The van der Waals surface area contributed by atoms with E-state index >= 15 is 0 Å². The number of hydrogen-bond donors (Lipinski definition) is 1. The second kappa shape index (κ2) is 5.94. The Bertz CT molecular complexity index is 381. The molecule has 2 nitrogen and oxygen atoms in total. The Labute approximate surface area is 121 Å². The van der Waals surface area contributed by atoms with Crippen molar-refractivity contribution < 1.29 is 0 Å². The molecule has 1 N–H and O–H groups in total. The van der Waals surface area contributed by atoms with E-state index in [-0.39, 0.29) is 0 Å². The molecule has 1 aliphatic heterocycles. The highest BCUT2D eigenvalue weighted by Crippen LogP contribution is 2.34. The molecular formula is C16H26N2S. The number of thiophene rings is 1. The van der Waals surface area contributed by atoms with E-state index < -0.39 is 0 Å². The molecule has 0 radical (unpaired) electrons. The smallest absolute Gasteiger partial charge is 0.0414 e. The highest BCUT2D eigenvalue weighted by molar-refractivity contribution is 7.10. The van der Waals surface area contributed by atoms with Crippen LogP contribution in [-0.2, 0) is 0 Å². The molecule has 1 atom stereocenters. The van der Waals surface area contributed by atoms with Crippen molar-refractivity contribution >= 4 is 11.3 Å². The highest BCUT2D eigenvalue weighted by atomic mass is 32.1. The zero-order valence-corrected chi connectivity index (χ0v) is 12.8. The number of nitrogens with zero attached hydrogens (tertiary/aromatic N) is 1. The first-order valence-corrected chi connectivity index (χ1v) is 8.70. The van der Waals surface area contributed by atoms with Gasteiger partial charge in [-0.25, -0.2) is 0 Å². The lowest BCUT2D eigenvalue weighted by Crippen LogP contribution is -2.52. The molecule has 1 aliphatic carbocycles. The van der Waals surface area contributed by atoms with Crippen molar-refractivity contribution in [2.45, 2.75) is 57.0 Å². The summed E-state index contributed by atoms with van der Waals surface area (Å²) in [5, 5.41) is 6.10. The molecule has 0 aromatic carbocycles. The summed E-state index contributed by atoms with van der Waals surface area (Å²) in [7, 11) is 0. The number of rotatable bonds is 2. The van der Waals surface area contributed by atoms with Crippen LogP contribution in [0.25, 0.3) is 0 Å². The molecule has 1 saturated carbocycles. The summed E-state index contributed by atoms with van der Waals surface area (Å²) >= 11 is 1.90. The molecule has 3 rings (SSSR count). The minimum Gasteiger partial charge on any atom is -0.310 e. The predicted molar refractivity (Wildman–Crippen MR) is 82.7 cm³/mol. The van der Waals surface area contributed by atoms with Gasteiger partial charge >= 0.3 is 0 Å². The lowest BCUT2D eigenvalue weighted by atomic mass is 9.81. The van der Waals surface area contributed by atoms with Crippen molar-refractivity contribution in [2.75, 3.05) is 19.6 Å². The van der Waals surface area contributed by atoms with Crippen LogP contribution >= 0.6 is 11.3 Å². The summed E-state index contributed by atoms with van der Waals surface area (Å²) in [6, 6.07) is 5.06. The maximum absolute atomic E-state index is 3.89. The van der Waals surface area contributed by atoms with E-state index in [2.05, 4.69) is 34.7 Å². The van der Waals surface area contributed by atoms with Crippen molar-refractivity contribution in [3.05, 3.63) is 22.4 Å². The largest absolute Gasteiger partial charge is 0.310 e. The van der Waals surface area contributed by atoms with Crippen molar-refractivity contribution in [3.8, 4) is 0 Å². The van der Waals surface area contributed by atoms with Crippen LogP contribution in [0.4, 0.5) is 0 Å². The molecule has 1 saturated heterocycles. The quantitative estimate of drug-likeness (QED) is 0.885. The van der Waals surface area contributed by atoms with Crippen LogP contribution in [0, 0.1) is 0 Å². The van der Waals surface area contributed by atoms with Crippen LogP contribution in [-0.4, -0.2) is 30.1 Å². The fourth-order valence-electron chi connectivity index (χ4n) is 3.76. The summed E-state index contributed by atoms with van der Waals surface area (Å²) in [6.07, 6.45) is 8.30. The van der Waals surface area contributed by atoms with Gasteiger partial charge in [-0.1, -0.05) is 25.3 Å². The summed E-state index contributed by atoms with van der Waals surface area (Å²) < 4.78 is 0. The van der Waals surface area contributed by atoms with Crippen molar-refractivity contribution in [1.29, 1.82) is 0 Å². The summed E-state index contributed by atoms with van der Waals surface area (Å²) in [4.78, 5) is 4.24. The fraction of sp³-hybridized carbons (Fsp3) is 0.750. The third kappa shape index (κ3) is 3.04. The second-order valence-electron chi connectivity index (χ2n) is 6.28. The highest BCUT2D eigenvalue weighted by Gasteiger charge is 2.36. The number of nitrogens with one attached hydrogen (secondary N) is 1. The molecule has 2 heterocycles. The van der Waals surface area contributed by atoms with Gasteiger partial charge in [-0.3, -0.25) is 4.90 Å². The molecule has 2 aliphatic rings. The molecule has 0 bridgehead atoms. The standard InChI is InChI=1S/C16H26N2S/c1-14(15-7-5-12-19-15)18-11-6-10-17-16(13-18)8-3-2-4-9-16/h5,7,12,14,17H,2-4,6,8-11,13H2,1H3. The van der Waals surface area contributed by atoms with Gasteiger partial charge < -0.3 is 5.32 Å². The van der Waals surface area contributed by atoms with Gasteiger partial charge in [0.05, 0.1) is 0 Å². The van der Waals surface area contributed by atoms with Crippen LogP contribution < -0.4 is 5.32 Å². The van der Waals surface area contributed by atoms with Gasteiger partial charge in [0.2, 0.25) is 0 Å². The third-order valence-electron chi connectivity index (χ3n) is 4.94. The van der Waals surface area contributed by atoms with Crippen molar-refractivity contribution in [3.63, 3.8) is 0 Å². The van der Waals surface area contributed by atoms with Crippen LogP contribution in [0.2, 0.25) is 0 Å². The minimum absolute atomic E-state index is 0.417. The normalized spacial score (nSPS) is 26.2. The van der Waals surface area contributed by atoms with Crippen LogP contribution in [0.1, 0.15) is 56.4 Å². The lowest BCUT2D eigenvalue weighted by molar-refractivity contribution is 0.135. The van der Waals surface area contributed by atoms with Crippen LogP contribution in [0.15, 0.2) is 17.5 Å². The van der Waals surface area contributed by atoms with Crippen LogP contribution in [0.5, 0.6) is 0 Å². The topological polar surface area (TPSA) is 15.3 Å². The summed E-state index contributed by atoms with van der Waals surface area (Å²) in [5.41, 5.74) is 0.417.